The van der Waals surface area contributed by atoms with Crippen molar-refractivity contribution in [2.75, 3.05) is 7.05 Å². The Bertz CT molecular complexity index is 569. The van der Waals surface area contributed by atoms with Gasteiger partial charge in [-0.3, -0.25) is 9.59 Å². The smallest absolute Gasteiger partial charge is 0.306 e. The summed E-state index contributed by atoms with van der Waals surface area (Å²) in [4.78, 5) is 25.5. The highest BCUT2D eigenvalue weighted by molar-refractivity contribution is 5.81. The van der Waals surface area contributed by atoms with Crippen LogP contribution in [0, 0.1) is 11.8 Å². The molecule has 112 valence electrons. The summed E-state index contributed by atoms with van der Waals surface area (Å²) in [5, 5.41) is 9.07. The highest BCUT2D eigenvalue weighted by Crippen LogP contribution is 2.38. The van der Waals surface area contributed by atoms with E-state index in [1.165, 1.54) is 11.1 Å². The Labute approximate surface area is 124 Å². The molecule has 2 aliphatic carbocycles. The molecule has 0 aliphatic heterocycles. The SMILES string of the molecule is CN(C(=O)C1CCC(C(=O)O)C1)C1CCc2ccccc21. The Morgan fingerprint density at radius 2 is 1.86 bits per heavy atom. The van der Waals surface area contributed by atoms with Gasteiger partial charge in [-0.15, -0.1) is 0 Å². The predicted molar refractivity (Wildman–Crippen MR) is 78.7 cm³/mol. The lowest BCUT2D eigenvalue weighted by Crippen LogP contribution is -2.34. The minimum atomic E-state index is -0.765. The summed E-state index contributed by atoms with van der Waals surface area (Å²) in [6.07, 6.45) is 3.81. The maximum atomic E-state index is 12.6. The summed E-state index contributed by atoms with van der Waals surface area (Å²) >= 11 is 0. The molecule has 0 spiro atoms. The van der Waals surface area contributed by atoms with Crippen LogP contribution in [0.15, 0.2) is 24.3 Å². The molecule has 1 aromatic carbocycles. The van der Waals surface area contributed by atoms with Gasteiger partial charge in [-0.2, -0.15) is 0 Å². The maximum Gasteiger partial charge on any atom is 0.306 e. The molecule has 1 amide bonds. The maximum absolute atomic E-state index is 12.6. The summed E-state index contributed by atoms with van der Waals surface area (Å²) < 4.78 is 0. The third-order valence-corrected chi connectivity index (χ3v) is 5.05. The van der Waals surface area contributed by atoms with E-state index in [4.69, 9.17) is 5.11 Å². The lowest BCUT2D eigenvalue weighted by molar-refractivity contribution is -0.141. The number of hydrogen-bond acceptors (Lipinski definition) is 2. The number of carbonyl (C=O) groups is 2. The van der Waals surface area contributed by atoms with Crippen molar-refractivity contribution < 1.29 is 14.7 Å². The topological polar surface area (TPSA) is 57.6 Å². The quantitative estimate of drug-likeness (QED) is 0.929. The summed E-state index contributed by atoms with van der Waals surface area (Å²) in [6.45, 7) is 0. The highest BCUT2D eigenvalue weighted by atomic mass is 16.4. The van der Waals surface area contributed by atoms with Gasteiger partial charge >= 0.3 is 5.97 Å². The molecule has 3 unspecified atom stereocenters. The van der Waals surface area contributed by atoms with E-state index in [1.807, 2.05) is 24.1 Å². The number of aliphatic carboxylic acids is 1. The number of fused-ring (bicyclic) bond motifs is 1. The van der Waals surface area contributed by atoms with E-state index in [2.05, 4.69) is 12.1 Å². The number of rotatable bonds is 3. The summed E-state index contributed by atoms with van der Waals surface area (Å²) in [7, 11) is 1.86. The van der Waals surface area contributed by atoms with Gasteiger partial charge in [0.25, 0.3) is 0 Å². The fraction of sp³-hybridized carbons (Fsp3) is 0.529. The second-order valence-electron chi connectivity index (χ2n) is 6.25. The fourth-order valence-electron chi connectivity index (χ4n) is 3.81. The van der Waals surface area contributed by atoms with E-state index in [0.717, 1.165) is 12.8 Å². The monoisotopic (exact) mass is 287 g/mol. The Kier molecular flexibility index (Phi) is 3.70. The molecule has 3 atom stereocenters. The number of hydrogen-bond donors (Lipinski definition) is 1. The Hall–Kier alpha value is -1.84. The van der Waals surface area contributed by atoms with Crippen LogP contribution >= 0.6 is 0 Å². The predicted octanol–water partition coefficient (Wildman–Crippen LogP) is 2.63. The van der Waals surface area contributed by atoms with Gasteiger partial charge in [0.2, 0.25) is 5.91 Å². The van der Waals surface area contributed by atoms with Crippen LogP contribution in [0.4, 0.5) is 0 Å². The van der Waals surface area contributed by atoms with Gasteiger partial charge in [0.15, 0.2) is 0 Å². The zero-order valence-electron chi connectivity index (χ0n) is 12.3. The van der Waals surface area contributed by atoms with Crippen molar-refractivity contribution in [1.82, 2.24) is 4.90 Å². The van der Waals surface area contributed by atoms with Crippen LogP contribution in [-0.2, 0) is 16.0 Å². The van der Waals surface area contributed by atoms with Crippen LogP contribution in [0.25, 0.3) is 0 Å². The number of carboxylic acids is 1. The standard InChI is InChI=1S/C17H21NO3/c1-18(15-9-8-11-4-2-3-5-14(11)15)16(19)12-6-7-13(10-12)17(20)21/h2-5,12-13,15H,6-10H2,1H3,(H,20,21). The first kappa shape index (κ1) is 14.1. The molecule has 0 heterocycles. The van der Waals surface area contributed by atoms with Gasteiger partial charge < -0.3 is 10.0 Å². The zero-order valence-corrected chi connectivity index (χ0v) is 12.3. The van der Waals surface area contributed by atoms with Gasteiger partial charge in [-0.1, -0.05) is 24.3 Å². The van der Waals surface area contributed by atoms with E-state index in [-0.39, 0.29) is 23.8 Å². The lowest BCUT2D eigenvalue weighted by atomic mass is 10.0. The number of amides is 1. The van der Waals surface area contributed by atoms with E-state index >= 15 is 0 Å². The van der Waals surface area contributed by atoms with E-state index in [0.29, 0.717) is 19.3 Å². The number of aryl methyl sites for hydroxylation is 1. The van der Waals surface area contributed by atoms with E-state index in [1.54, 1.807) is 0 Å². The zero-order chi connectivity index (χ0) is 15.0. The summed E-state index contributed by atoms with van der Waals surface area (Å²) in [6, 6.07) is 8.44. The summed E-state index contributed by atoms with van der Waals surface area (Å²) in [5.74, 6) is -1.12. The first-order chi connectivity index (χ1) is 10.1. The van der Waals surface area contributed by atoms with Crippen molar-refractivity contribution >= 4 is 11.9 Å². The van der Waals surface area contributed by atoms with Gasteiger partial charge in [-0.05, 0) is 43.2 Å². The first-order valence-corrected chi connectivity index (χ1v) is 7.65. The van der Waals surface area contributed by atoms with Gasteiger partial charge in [-0.25, -0.2) is 0 Å². The highest BCUT2D eigenvalue weighted by Gasteiger charge is 2.37. The molecule has 1 saturated carbocycles. The van der Waals surface area contributed by atoms with Crippen LogP contribution < -0.4 is 0 Å². The third-order valence-electron chi connectivity index (χ3n) is 5.05. The molecule has 0 radical (unpaired) electrons. The molecule has 21 heavy (non-hydrogen) atoms. The van der Waals surface area contributed by atoms with Crippen molar-refractivity contribution in [3.8, 4) is 0 Å². The molecule has 4 heteroatoms. The molecular formula is C17H21NO3. The van der Waals surface area contributed by atoms with Crippen LogP contribution in [0.3, 0.4) is 0 Å². The minimum absolute atomic E-state index is 0.112. The second kappa shape index (κ2) is 5.51. The van der Waals surface area contributed by atoms with Crippen molar-refractivity contribution in [2.45, 2.75) is 38.1 Å². The molecule has 3 rings (SSSR count). The van der Waals surface area contributed by atoms with Crippen molar-refractivity contribution in [2.24, 2.45) is 11.8 Å². The van der Waals surface area contributed by atoms with Crippen LogP contribution in [0.1, 0.15) is 42.9 Å². The number of benzene rings is 1. The lowest BCUT2D eigenvalue weighted by Gasteiger charge is -2.28. The van der Waals surface area contributed by atoms with Gasteiger partial charge in [0.05, 0.1) is 12.0 Å². The number of nitrogens with zero attached hydrogens (tertiary/aromatic N) is 1. The number of carbonyl (C=O) groups excluding carboxylic acids is 1. The Morgan fingerprint density at radius 1 is 1.14 bits per heavy atom. The molecule has 1 N–H and O–H groups in total. The van der Waals surface area contributed by atoms with Crippen LogP contribution in [0.5, 0.6) is 0 Å². The van der Waals surface area contributed by atoms with Crippen LogP contribution in [-0.4, -0.2) is 28.9 Å². The molecule has 0 bridgehead atoms. The molecule has 0 saturated heterocycles. The van der Waals surface area contributed by atoms with Crippen molar-refractivity contribution in [3.05, 3.63) is 35.4 Å². The van der Waals surface area contributed by atoms with Gasteiger partial charge in [0.1, 0.15) is 0 Å². The van der Waals surface area contributed by atoms with E-state index < -0.39 is 5.97 Å². The largest absolute Gasteiger partial charge is 0.481 e. The average Bonchev–Trinajstić information content (AvgIpc) is 3.12. The Balaban J connectivity index is 1.70. The van der Waals surface area contributed by atoms with Crippen LogP contribution in [0.2, 0.25) is 0 Å². The normalized spacial score (nSPS) is 27.4. The molecule has 4 nitrogen and oxygen atoms in total. The van der Waals surface area contributed by atoms with E-state index in [9.17, 15) is 9.59 Å². The van der Waals surface area contributed by atoms with Crippen molar-refractivity contribution in [3.63, 3.8) is 0 Å². The van der Waals surface area contributed by atoms with Crippen molar-refractivity contribution in [1.29, 1.82) is 0 Å². The molecule has 1 aromatic rings. The molecule has 2 aliphatic rings. The molecular weight excluding hydrogens is 266 g/mol. The third kappa shape index (κ3) is 2.55. The average molecular weight is 287 g/mol. The fourth-order valence-corrected chi connectivity index (χ4v) is 3.81. The minimum Gasteiger partial charge on any atom is -0.481 e. The second-order valence-corrected chi connectivity index (χ2v) is 6.25. The first-order valence-electron chi connectivity index (χ1n) is 7.65. The van der Waals surface area contributed by atoms with Gasteiger partial charge in [0, 0.05) is 13.0 Å². The number of carboxylic acid groups (broad SMARTS) is 1. The Morgan fingerprint density at radius 3 is 2.57 bits per heavy atom. The molecule has 0 aromatic heterocycles. The molecule has 1 fully saturated rings. The summed E-state index contributed by atoms with van der Waals surface area (Å²) in [5.41, 5.74) is 2.58.